The van der Waals surface area contributed by atoms with Crippen molar-refractivity contribution in [3.63, 3.8) is 0 Å². The third-order valence-electron chi connectivity index (χ3n) is 0.830. The van der Waals surface area contributed by atoms with Crippen LogP contribution in [0.1, 0.15) is 0 Å². The lowest BCUT2D eigenvalue weighted by Crippen LogP contribution is -2.14. The second-order valence-electron chi connectivity index (χ2n) is 2.24. The molecule has 0 saturated heterocycles. The molecule has 0 saturated carbocycles. The Morgan fingerprint density at radius 3 is 1.53 bits per heavy atom. The Morgan fingerprint density at radius 1 is 1.07 bits per heavy atom. The van der Waals surface area contributed by atoms with Crippen molar-refractivity contribution in [1.82, 2.24) is 4.84 Å². The zero-order valence-corrected chi connectivity index (χ0v) is 10.0. The van der Waals surface area contributed by atoms with Crippen LogP contribution in [0.25, 0.3) is 0 Å². The van der Waals surface area contributed by atoms with Gasteiger partial charge in [0.05, 0.1) is 11.5 Å². The average Bonchev–Trinajstić information content (AvgIpc) is 1.98. The third-order valence-corrected chi connectivity index (χ3v) is 2.49. The molecule has 11 heteroatoms. The van der Waals surface area contributed by atoms with Crippen molar-refractivity contribution in [3.05, 3.63) is 0 Å². The molecule has 0 heterocycles. The summed E-state index contributed by atoms with van der Waals surface area (Å²) in [5.74, 6) is -0.705. The second-order valence-corrected chi connectivity index (χ2v) is 5.66. The molecule has 15 heavy (non-hydrogen) atoms. The number of nitrogens with one attached hydrogen (secondary N) is 1. The van der Waals surface area contributed by atoms with E-state index in [0.717, 1.165) is 0 Å². The normalized spacial score (nSPS) is 11.7. The lowest BCUT2D eigenvalue weighted by molar-refractivity contribution is 0.480. The highest BCUT2D eigenvalue weighted by atomic mass is 35.5. The van der Waals surface area contributed by atoms with E-state index in [1.807, 2.05) is 0 Å². The van der Waals surface area contributed by atoms with Crippen molar-refractivity contribution in [3.8, 4) is 0 Å². The number of hydrogen-bond donors (Lipinski definition) is 4. The summed E-state index contributed by atoms with van der Waals surface area (Å²) in [6.45, 7) is 0.0270. The molecule has 0 aliphatic carbocycles. The monoisotopic (exact) mass is 284 g/mol. The minimum absolute atomic E-state index is 0.0289. The highest BCUT2D eigenvalue weighted by molar-refractivity contribution is 7.86. The predicted octanol–water partition coefficient (Wildman–Crippen LogP) is -1.55. The van der Waals surface area contributed by atoms with Crippen LogP contribution in [0.5, 0.6) is 0 Å². The van der Waals surface area contributed by atoms with Crippen LogP contribution in [-0.4, -0.2) is 50.5 Å². The summed E-state index contributed by atoms with van der Waals surface area (Å²) in [6, 6.07) is 0. The van der Waals surface area contributed by atoms with Gasteiger partial charge in [-0.05, 0) is 11.8 Å². The standard InChI is InChI=1S/C2H6ClNO3S.C2H7NO3S/c3-4-1-2-8(5,6)7;3-1-2-7(4,5)6/h4H,1-2H2,(H,5,6,7);1-3H2,(H,4,5,6). The maximum absolute atomic E-state index is 9.85. The van der Waals surface area contributed by atoms with Crippen LogP contribution < -0.4 is 10.6 Å². The Balaban J connectivity index is 0. The van der Waals surface area contributed by atoms with Gasteiger partial charge in [0.1, 0.15) is 0 Å². The molecule has 0 amide bonds. The maximum atomic E-state index is 9.85. The van der Waals surface area contributed by atoms with Crippen molar-refractivity contribution in [2.24, 2.45) is 5.73 Å². The minimum atomic E-state index is -3.83. The summed E-state index contributed by atoms with van der Waals surface area (Å²) >= 11 is 4.88. The zero-order valence-electron chi connectivity index (χ0n) is 7.63. The van der Waals surface area contributed by atoms with Crippen molar-refractivity contribution in [2.75, 3.05) is 24.6 Å². The predicted molar refractivity (Wildman–Crippen MR) is 55.7 cm³/mol. The van der Waals surface area contributed by atoms with Crippen molar-refractivity contribution in [2.45, 2.75) is 0 Å². The quantitative estimate of drug-likeness (QED) is 0.350. The molecule has 0 aliphatic heterocycles. The average molecular weight is 285 g/mol. The molecule has 0 aliphatic rings. The summed E-state index contributed by atoms with van der Waals surface area (Å²) in [6.07, 6.45) is 0. The molecule has 0 aromatic carbocycles. The lowest BCUT2D eigenvalue weighted by atomic mass is 10.8. The first-order valence-electron chi connectivity index (χ1n) is 3.56. The van der Waals surface area contributed by atoms with E-state index < -0.39 is 20.2 Å². The van der Waals surface area contributed by atoms with E-state index in [1.54, 1.807) is 0 Å². The Hall–Kier alpha value is 0.0300. The summed E-state index contributed by atoms with van der Waals surface area (Å²) < 4.78 is 55.0. The van der Waals surface area contributed by atoms with Crippen LogP contribution >= 0.6 is 11.8 Å². The van der Waals surface area contributed by atoms with Gasteiger partial charge in [0.15, 0.2) is 0 Å². The molecule has 0 unspecified atom stereocenters. The minimum Gasteiger partial charge on any atom is -0.329 e. The molecule has 5 N–H and O–H groups in total. The Bertz CT molecular complexity index is 338. The molecule has 0 atom stereocenters. The van der Waals surface area contributed by atoms with E-state index >= 15 is 0 Å². The van der Waals surface area contributed by atoms with Crippen molar-refractivity contribution < 1.29 is 25.9 Å². The fourth-order valence-corrected chi connectivity index (χ4v) is 1.18. The Labute approximate surface area is 93.4 Å². The zero-order chi connectivity index (χ0) is 12.5. The number of rotatable bonds is 5. The van der Waals surface area contributed by atoms with Gasteiger partial charge in [-0.3, -0.25) is 9.11 Å². The molecule has 0 spiro atoms. The molecular weight excluding hydrogens is 272 g/mol. The first-order valence-corrected chi connectivity index (χ1v) is 7.16. The van der Waals surface area contributed by atoms with Gasteiger partial charge in [0.2, 0.25) is 0 Å². The van der Waals surface area contributed by atoms with Gasteiger partial charge in [-0.1, -0.05) is 0 Å². The molecule has 0 fully saturated rings. The summed E-state index contributed by atoms with van der Waals surface area (Å²) in [5, 5.41) is 0. The fraction of sp³-hybridized carbons (Fsp3) is 1.00. The second kappa shape index (κ2) is 8.21. The number of nitrogens with two attached hydrogens (primary N) is 1. The number of hydrogen-bond acceptors (Lipinski definition) is 6. The Morgan fingerprint density at radius 2 is 1.47 bits per heavy atom. The van der Waals surface area contributed by atoms with Gasteiger partial charge in [-0.25, -0.2) is 4.84 Å². The van der Waals surface area contributed by atoms with Crippen LogP contribution in [0.15, 0.2) is 0 Å². The highest BCUT2D eigenvalue weighted by Crippen LogP contribution is 1.78. The van der Waals surface area contributed by atoms with Gasteiger partial charge in [-0.2, -0.15) is 16.8 Å². The molecule has 0 radical (unpaired) electrons. The van der Waals surface area contributed by atoms with E-state index in [2.05, 4.69) is 4.84 Å². The summed E-state index contributed by atoms with van der Waals surface area (Å²) in [4.78, 5) is 2.06. The first-order chi connectivity index (χ1) is 6.62. The Kier molecular flexibility index (Phi) is 9.54. The molecule has 94 valence electrons. The number of halogens is 1. The largest absolute Gasteiger partial charge is 0.329 e. The van der Waals surface area contributed by atoms with E-state index in [4.69, 9.17) is 26.6 Å². The van der Waals surface area contributed by atoms with Crippen molar-refractivity contribution >= 4 is 32.0 Å². The van der Waals surface area contributed by atoms with Gasteiger partial charge >= 0.3 is 0 Å². The van der Waals surface area contributed by atoms with E-state index in [-0.39, 0.29) is 24.6 Å². The molecule has 8 nitrogen and oxygen atoms in total. The molecule has 0 bridgehead atoms. The van der Waals surface area contributed by atoms with Gasteiger partial charge in [-0.15, -0.1) is 0 Å². The maximum Gasteiger partial charge on any atom is 0.266 e. The molecule has 0 rings (SSSR count). The van der Waals surface area contributed by atoms with Crippen LogP contribution in [-0.2, 0) is 20.2 Å². The van der Waals surface area contributed by atoms with Gasteiger partial charge in [0, 0.05) is 13.1 Å². The van der Waals surface area contributed by atoms with Crippen LogP contribution in [0.2, 0.25) is 0 Å². The van der Waals surface area contributed by atoms with Crippen LogP contribution in [0.4, 0.5) is 0 Å². The molecule has 0 aromatic rings. The topological polar surface area (TPSA) is 147 Å². The first kappa shape index (κ1) is 17.4. The highest BCUT2D eigenvalue weighted by Gasteiger charge is 2.00. The van der Waals surface area contributed by atoms with Crippen molar-refractivity contribution in [1.29, 1.82) is 0 Å². The molecule has 0 aromatic heterocycles. The van der Waals surface area contributed by atoms with Crippen LogP contribution in [0.3, 0.4) is 0 Å². The lowest BCUT2D eigenvalue weighted by Gasteiger charge is -1.90. The van der Waals surface area contributed by atoms with E-state index in [0.29, 0.717) is 0 Å². The SMILES string of the molecule is NCCS(=O)(=O)O.O=S(=O)(O)CCNCl. The van der Waals surface area contributed by atoms with Gasteiger partial charge in [0.25, 0.3) is 20.2 Å². The van der Waals surface area contributed by atoms with E-state index in [9.17, 15) is 16.8 Å². The molecular formula is C4H13ClN2O6S2. The van der Waals surface area contributed by atoms with E-state index in [1.165, 1.54) is 0 Å². The van der Waals surface area contributed by atoms with Gasteiger partial charge < -0.3 is 5.73 Å². The third kappa shape index (κ3) is 24.9. The van der Waals surface area contributed by atoms with Crippen LogP contribution in [0, 0.1) is 0 Å². The summed E-state index contributed by atoms with van der Waals surface area (Å²) in [7, 11) is -7.63. The fourth-order valence-electron chi connectivity index (χ4n) is 0.316. The summed E-state index contributed by atoms with van der Waals surface area (Å²) in [5.41, 5.74) is 4.78. The smallest absolute Gasteiger partial charge is 0.266 e.